The van der Waals surface area contributed by atoms with Crippen molar-refractivity contribution in [2.45, 2.75) is 20.3 Å². The molecule has 0 atom stereocenters. The van der Waals surface area contributed by atoms with E-state index in [1.165, 1.54) is 5.56 Å². The number of fused-ring (bicyclic) bond motifs is 1. The van der Waals surface area contributed by atoms with Crippen LogP contribution >= 0.6 is 31.9 Å². The molecule has 0 saturated carbocycles. The summed E-state index contributed by atoms with van der Waals surface area (Å²) in [5, 5.41) is 4.49. The molecule has 0 saturated heterocycles. The van der Waals surface area contributed by atoms with Gasteiger partial charge in [0, 0.05) is 20.9 Å². The maximum atomic E-state index is 4.68. The van der Waals surface area contributed by atoms with Gasteiger partial charge in [0.25, 0.3) is 0 Å². The lowest BCUT2D eigenvalue weighted by molar-refractivity contribution is 0.968. The number of aromatic nitrogens is 1. The zero-order chi connectivity index (χ0) is 12.4. The van der Waals surface area contributed by atoms with Crippen molar-refractivity contribution in [2.24, 2.45) is 0 Å². The van der Waals surface area contributed by atoms with Gasteiger partial charge in [0.2, 0.25) is 0 Å². The number of anilines is 1. The van der Waals surface area contributed by atoms with Gasteiger partial charge in [-0.15, -0.1) is 0 Å². The molecule has 2 rings (SSSR count). The van der Waals surface area contributed by atoms with Gasteiger partial charge in [0.1, 0.15) is 5.82 Å². The van der Waals surface area contributed by atoms with Crippen molar-refractivity contribution in [3.8, 4) is 0 Å². The number of halogens is 2. The van der Waals surface area contributed by atoms with Crippen molar-refractivity contribution in [3.05, 3.63) is 32.7 Å². The molecule has 0 fully saturated rings. The Bertz CT molecular complexity index is 553. The van der Waals surface area contributed by atoms with Crippen molar-refractivity contribution in [3.63, 3.8) is 0 Å². The van der Waals surface area contributed by atoms with Crippen LogP contribution in [0.3, 0.4) is 0 Å². The highest BCUT2D eigenvalue weighted by atomic mass is 79.9. The minimum absolute atomic E-state index is 0.949. The van der Waals surface area contributed by atoms with E-state index in [2.05, 4.69) is 62.1 Å². The number of hydrogen-bond acceptors (Lipinski definition) is 2. The van der Waals surface area contributed by atoms with Crippen LogP contribution in [0.2, 0.25) is 0 Å². The Labute approximate surface area is 118 Å². The van der Waals surface area contributed by atoms with Gasteiger partial charge in [0.15, 0.2) is 0 Å². The molecule has 90 valence electrons. The highest BCUT2D eigenvalue weighted by Crippen LogP contribution is 2.31. The van der Waals surface area contributed by atoms with Crippen LogP contribution < -0.4 is 5.32 Å². The summed E-state index contributed by atoms with van der Waals surface area (Å²) in [5.74, 6) is 0.971. The van der Waals surface area contributed by atoms with Crippen LogP contribution in [-0.4, -0.2) is 11.5 Å². The average molecular weight is 358 g/mol. The molecule has 17 heavy (non-hydrogen) atoms. The topological polar surface area (TPSA) is 24.9 Å². The second kappa shape index (κ2) is 5.36. The number of hydrogen-bond donors (Lipinski definition) is 1. The van der Waals surface area contributed by atoms with E-state index >= 15 is 0 Å². The Hall–Kier alpha value is -0.610. The molecule has 2 aromatic rings. The first-order chi connectivity index (χ1) is 8.13. The van der Waals surface area contributed by atoms with E-state index in [1.54, 1.807) is 0 Å². The predicted octanol–water partition coefficient (Wildman–Crippen LogP) is 4.89. The maximum Gasteiger partial charge on any atom is 0.129 e. The van der Waals surface area contributed by atoms with Gasteiger partial charge in [-0.1, -0.05) is 22.9 Å². The molecule has 0 radical (unpaired) electrons. The molecule has 2 nitrogen and oxygen atoms in total. The zero-order valence-corrected chi connectivity index (χ0v) is 13.0. The highest BCUT2D eigenvalue weighted by molar-refractivity contribution is 9.11. The first-order valence-electron chi connectivity index (χ1n) is 5.62. The van der Waals surface area contributed by atoms with Crippen LogP contribution in [0.15, 0.2) is 27.1 Å². The zero-order valence-electron chi connectivity index (χ0n) is 9.85. The van der Waals surface area contributed by atoms with Crippen LogP contribution in [0.5, 0.6) is 0 Å². The van der Waals surface area contributed by atoms with Crippen LogP contribution in [-0.2, 0) is 0 Å². The van der Waals surface area contributed by atoms with Crippen molar-refractivity contribution in [1.29, 1.82) is 0 Å². The Morgan fingerprint density at radius 1 is 1.24 bits per heavy atom. The predicted molar refractivity (Wildman–Crippen MR) is 80.7 cm³/mol. The van der Waals surface area contributed by atoms with E-state index in [1.807, 2.05) is 12.1 Å². The van der Waals surface area contributed by atoms with Crippen LogP contribution in [0.25, 0.3) is 10.9 Å². The Kier molecular flexibility index (Phi) is 4.05. The first-order valence-corrected chi connectivity index (χ1v) is 7.21. The van der Waals surface area contributed by atoms with Gasteiger partial charge in [-0.2, -0.15) is 0 Å². The Balaban J connectivity index is 2.59. The third-order valence-corrected chi connectivity index (χ3v) is 3.95. The molecule has 1 aromatic heterocycles. The normalized spacial score (nSPS) is 10.8. The lowest BCUT2D eigenvalue weighted by Crippen LogP contribution is -2.04. The van der Waals surface area contributed by atoms with Crippen LogP contribution in [0, 0.1) is 6.92 Å². The molecule has 0 aliphatic carbocycles. The molecule has 1 heterocycles. The SMILES string of the molecule is CCCNc1nc2c(Br)ccc(Br)c2cc1C. The van der Waals surface area contributed by atoms with Crippen molar-refractivity contribution in [2.75, 3.05) is 11.9 Å². The fraction of sp³-hybridized carbons (Fsp3) is 0.308. The molecule has 0 aliphatic rings. The van der Waals surface area contributed by atoms with Gasteiger partial charge in [-0.3, -0.25) is 0 Å². The van der Waals surface area contributed by atoms with E-state index in [9.17, 15) is 0 Å². The summed E-state index contributed by atoms with van der Waals surface area (Å²) in [6.07, 6.45) is 1.10. The number of benzene rings is 1. The van der Waals surface area contributed by atoms with Crippen LogP contribution in [0.4, 0.5) is 5.82 Å². The maximum absolute atomic E-state index is 4.68. The lowest BCUT2D eigenvalue weighted by atomic mass is 10.1. The second-order valence-corrected chi connectivity index (χ2v) is 5.71. The fourth-order valence-electron chi connectivity index (χ4n) is 1.71. The second-order valence-electron chi connectivity index (χ2n) is 4.01. The van der Waals surface area contributed by atoms with Gasteiger partial charge in [-0.25, -0.2) is 4.98 Å². The smallest absolute Gasteiger partial charge is 0.129 e. The molecular weight excluding hydrogens is 344 g/mol. The van der Waals surface area contributed by atoms with Crippen LogP contribution in [0.1, 0.15) is 18.9 Å². The molecule has 0 aliphatic heterocycles. The van der Waals surface area contributed by atoms with Gasteiger partial charge >= 0.3 is 0 Å². The molecule has 1 N–H and O–H groups in total. The summed E-state index contributed by atoms with van der Waals surface area (Å²) >= 11 is 7.11. The molecule has 0 bridgehead atoms. The number of nitrogens with one attached hydrogen (secondary N) is 1. The van der Waals surface area contributed by atoms with E-state index in [-0.39, 0.29) is 0 Å². The number of aryl methyl sites for hydroxylation is 1. The lowest BCUT2D eigenvalue weighted by Gasteiger charge is -2.11. The average Bonchev–Trinajstić information content (AvgIpc) is 2.32. The number of nitrogens with zero attached hydrogens (tertiary/aromatic N) is 1. The summed E-state index contributed by atoms with van der Waals surface area (Å²) in [7, 11) is 0. The first kappa shape index (κ1) is 12.8. The fourth-order valence-corrected chi connectivity index (χ4v) is 2.58. The van der Waals surface area contributed by atoms with Gasteiger partial charge < -0.3 is 5.32 Å². The Morgan fingerprint density at radius 3 is 2.65 bits per heavy atom. The van der Waals surface area contributed by atoms with Crippen molar-refractivity contribution >= 4 is 48.6 Å². The van der Waals surface area contributed by atoms with Gasteiger partial charge in [-0.05, 0) is 53.0 Å². The summed E-state index contributed by atoms with van der Waals surface area (Å²) in [5.41, 5.74) is 2.16. The Morgan fingerprint density at radius 2 is 1.94 bits per heavy atom. The quantitative estimate of drug-likeness (QED) is 0.845. The molecule has 0 spiro atoms. The summed E-state index contributed by atoms with van der Waals surface area (Å²) < 4.78 is 2.10. The monoisotopic (exact) mass is 356 g/mol. The molecule has 0 unspecified atom stereocenters. The van der Waals surface area contributed by atoms with E-state index in [0.717, 1.165) is 38.6 Å². The van der Waals surface area contributed by atoms with Crippen molar-refractivity contribution in [1.82, 2.24) is 4.98 Å². The van der Waals surface area contributed by atoms with E-state index in [4.69, 9.17) is 0 Å². The van der Waals surface area contributed by atoms with Gasteiger partial charge in [0.05, 0.1) is 5.52 Å². The standard InChI is InChI=1S/C13H14Br2N2/c1-3-6-16-13-8(2)7-9-10(14)4-5-11(15)12(9)17-13/h4-5,7H,3,6H2,1-2H3,(H,16,17). The molecule has 4 heteroatoms. The summed E-state index contributed by atoms with van der Waals surface area (Å²) in [6, 6.07) is 6.21. The molecular formula is C13H14Br2N2. The van der Waals surface area contributed by atoms with E-state index < -0.39 is 0 Å². The number of rotatable bonds is 3. The minimum Gasteiger partial charge on any atom is -0.370 e. The third-order valence-electron chi connectivity index (χ3n) is 2.62. The third kappa shape index (κ3) is 2.63. The van der Waals surface area contributed by atoms with E-state index in [0.29, 0.717) is 0 Å². The highest BCUT2D eigenvalue weighted by Gasteiger charge is 2.08. The number of pyridine rings is 1. The minimum atomic E-state index is 0.949. The summed E-state index contributed by atoms with van der Waals surface area (Å²) in [4.78, 5) is 4.68. The van der Waals surface area contributed by atoms with Crippen molar-refractivity contribution < 1.29 is 0 Å². The summed E-state index contributed by atoms with van der Waals surface area (Å²) in [6.45, 7) is 5.18. The largest absolute Gasteiger partial charge is 0.370 e. The molecule has 0 amide bonds. The molecule has 1 aromatic carbocycles.